The number of piperidine rings is 1. The number of nitrogens with one attached hydrogen (secondary N) is 1. The van der Waals surface area contributed by atoms with Crippen LogP contribution in [-0.2, 0) is 0 Å². The predicted molar refractivity (Wildman–Crippen MR) is 89.7 cm³/mol. The summed E-state index contributed by atoms with van der Waals surface area (Å²) in [6, 6.07) is 12.7. The van der Waals surface area contributed by atoms with Gasteiger partial charge in [0.1, 0.15) is 0 Å². The molecule has 1 aliphatic carbocycles. The van der Waals surface area contributed by atoms with Crippen molar-refractivity contribution in [2.24, 2.45) is 0 Å². The maximum atomic E-state index is 3.60. The molecule has 3 unspecified atom stereocenters. The van der Waals surface area contributed by atoms with E-state index in [0.29, 0.717) is 0 Å². The molecule has 3 atom stereocenters. The third-order valence-corrected chi connectivity index (χ3v) is 5.49. The van der Waals surface area contributed by atoms with Crippen molar-refractivity contribution in [3.8, 4) is 0 Å². The van der Waals surface area contributed by atoms with E-state index < -0.39 is 0 Å². The van der Waals surface area contributed by atoms with Crippen LogP contribution in [0.2, 0.25) is 0 Å². The van der Waals surface area contributed by atoms with Crippen LogP contribution in [0.4, 0.5) is 0 Å². The second kappa shape index (κ2) is 7.42. The van der Waals surface area contributed by atoms with Crippen LogP contribution < -0.4 is 5.32 Å². The molecule has 1 aliphatic heterocycles. The minimum absolute atomic E-state index is 0.738. The van der Waals surface area contributed by atoms with Crippen molar-refractivity contribution in [2.45, 2.75) is 63.5 Å². The molecule has 0 amide bonds. The first-order valence-electron chi connectivity index (χ1n) is 8.91. The molecular formula is C19H30N2. The maximum Gasteiger partial charge on any atom is 0.0224 e. The third-order valence-electron chi connectivity index (χ3n) is 5.49. The zero-order valence-corrected chi connectivity index (χ0v) is 13.4. The molecule has 2 aliphatic rings. The Hall–Kier alpha value is -0.860. The molecule has 0 spiro atoms. The molecular weight excluding hydrogens is 256 g/mol. The van der Waals surface area contributed by atoms with Crippen molar-refractivity contribution in [3.63, 3.8) is 0 Å². The number of nitrogens with zero attached hydrogens (tertiary/aromatic N) is 1. The highest BCUT2D eigenvalue weighted by Gasteiger charge is 2.34. The van der Waals surface area contributed by atoms with Crippen molar-refractivity contribution >= 4 is 0 Å². The molecule has 0 radical (unpaired) electrons. The fraction of sp³-hybridized carbons (Fsp3) is 0.684. The highest BCUT2D eigenvalue weighted by molar-refractivity contribution is 5.22. The molecule has 1 heterocycles. The molecule has 21 heavy (non-hydrogen) atoms. The van der Waals surface area contributed by atoms with Gasteiger partial charge < -0.3 is 5.32 Å². The van der Waals surface area contributed by atoms with E-state index in [1.165, 1.54) is 58.2 Å². The zero-order valence-electron chi connectivity index (χ0n) is 13.4. The van der Waals surface area contributed by atoms with Gasteiger partial charge in [-0.25, -0.2) is 0 Å². The van der Waals surface area contributed by atoms with Gasteiger partial charge in [-0.3, -0.25) is 4.90 Å². The summed E-state index contributed by atoms with van der Waals surface area (Å²) in [5.74, 6) is 0.738. The lowest BCUT2D eigenvalue weighted by atomic mass is 9.78. The van der Waals surface area contributed by atoms with Crippen molar-refractivity contribution < 1.29 is 0 Å². The SMILES string of the molecule is CCN(C1CCCNC1)C1CCCCC1c1ccccc1. The van der Waals surface area contributed by atoms with E-state index in [9.17, 15) is 0 Å². The van der Waals surface area contributed by atoms with Gasteiger partial charge in [0.2, 0.25) is 0 Å². The first kappa shape index (κ1) is 15.1. The van der Waals surface area contributed by atoms with Crippen LogP contribution in [0.25, 0.3) is 0 Å². The molecule has 2 fully saturated rings. The highest BCUT2D eigenvalue weighted by atomic mass is 15.2. The van der Waals surface area contributed by atoms with Crippen LogP contribution in [0.3, 0.4) is 0 Å². The molecule has 2 nitrogen and oxygen atoms in total. The van der Waals surface area contributed by atoms with Gasteiger partial charge in [-0.1, -0.05) is 50.1 Å². The second-order valence-electron chi connectivity index (χ2n) is 6.70. The number of rotatable bonds is 4. The molecule has 0 bridgehead atoms. The summed E-state index contributed by atoms with van der Waals surface area (Å²) in [6.45, 7) is 5.94. The van der Waals surface area contributed by atoms with E-state index >= 15 is 0 Å². The molecule has 2 heteroatoms. The van der Waals surface area contributed by atoms with E-state index in [2.05, 4.69) is 47.5 Å². The first-order valence-corrected chi connectivity index (χ1v) is 8.91. The lowest BCUT2D eigenvalue weighted by Gasteiger charge is -2.45. The summed E-state index contributed by atoms with van der Waals surface area (Å²) in [7, 11) is 0. The van der Waals surface area contributed by atoms with Crippen LogP contribution >= 0.6 is 0 Å². The lowest BCUT2D eigenvalue weighted by molar-refractivity contribution is 0.0796. The summed E-state index contributed by atoms with van der Waals surface area (Å²) in [5, 5.41) is 3.60. The number of hydrogen-bond acceptors (Lipinski definition) is 2. The molecule has 1 aromatic rings. The number of likely N-dealkylation sites (N-methyl/N-ethyl adjacent to an activating group) is 1. The van der Waals surface area contributed by atoms with Crippen LogP contribution in [0, 0.1) is 0 Å². The number of hydrogen-bond donors (Lipinski definition) is 1. The Bertz CT molecular complexity index is 411. The zero-order chi connectivity index (χ0) is 14.5. The first-order chi connectivity index (χ1) is 10.4. The summed E-state index contributed by atoms with van der Waals surface area (Å²) in [5.41, 5.74) is 1.56. The van der Waals surface area contributed by atoms with Crippen LogP contribution in [0.15, 0.2) is 30.3 Å². The van der Waals surface area contributed by atoms with Crippen LogP contribution in [-0.4, -0.2) is 36.6 Å². The molecule has 1 aromatic carbocycles. The van der Waals surface area contributed by atoms with Gasteiger partial charge >= 0.3 is 0 Å². The van der Waals surface area contributed by atoms with E-state index in [0.717, 1.165) is 18.0 Å². The Morgan fingerprint density at radius 3 is 2.57 bits per heavy atom. The van der Waals surface area contributed by atoms with Crippen molar-refractivity contribution in [1.29, 1.82) is 0 Å². The largest absolute Gasteiger partial charge is 0.315 e. The summed E-state index contributed by atoms with van der Waals surface area (Å²) in [6.07, 6.45) is 8.26. The Morgan fingerprint density at radius 2 is 1.86 bits per heavy atom. The highest BCUT2D eigenvalue weighted by Crippen LogP contribution is 2.37. The quantitative estimate of drug-likeness (QED) is 0.906. The molecule has 1 saturated heterocycles. The van der Waals surface area contributed by atoms with Crippen molar-refractivity contribution in [2.75, 3.05) is 19.6 Å². The van der Waals surface area contributed by atoms with Gasteiger partial charge in [-0.15, -0.1) is 0 Å². The van der Waals surface area contributed by atoms with Crippen molar-refractivity contribution in [3.05, 3.63) is 35.9 Å². The van der Waals surface area contributed by atoms with Gasteiger partial charge in [0.15, 0.2) is 0 Å². The molecule has 0 aromatic heterocycles. The smallest absolute Gasteiger partial charge is 0.0224 e. The predicted octanol–water partition coefficient (Wildman–Crippen LogP) is 3.79. The normalized spacial score (nSPS) is 30.5. The van der Waals surface area contributed by atoms with Crippen LogP contribution in [0.1, 0.15) is 56.9 Å². The summed E-state index contributed by atoms with van der Waals surface area (Å²) in [4.78, 5) is 2.82. The molecule has 116 valence electrons. The average molecular weight is 286 g/mol. The third kappa shape index (κ3) is 3.49. The minimum atomic E-state index is 0.738. The van der Waals surface area contributed by atoms with Crippen molar-refractivity contribution in [1.82, 2.24) is 10.2 Å². The number of benzene rings is 1. The molecule has 1 saturated carbocycles. The molecule has 1 N–H and O–H groups in total. The minimum Gasteiger partial charge on any atom is -0.315 e. The monoisotopic (exact) mass is 286 g/mol. The summed E-state index contributed by atoms with van der Waals surface area (Å²) >= 11 is 0. The van der Waals surface area contributed by atoms with E-state index in [-0.39, 0.29) is 0 Å². The van der Waals surface area contributed by atoms with Gasteiger partial charge in [0.05, 0.1) is 0 Å². The van der Waals surface area contributed by atoms with Crippen LogP contribution in [0.5, 0.6) is 0 Å². The Labute approximate surface area is 129 Å². The van der Waals surface area contributed by atoms with Gasteiger partial charge in [0.25, 0.3) is 0 Å². The Morgan fingerprint density at radius 1 is 1.05 bits per heavy atom. The fourth-order valence-electron chi connectivity index (χ4n) is 4.48. The Kier molecular flexibility index (Phi) is 5.32. The standard InChI is InChI=1S/C19H30N2/c1-2-21(17-11-8-14-20-15-17)19-13-7-6-12-18(19)16-9-4-3-5-10-16/h3-5,9-10,17-20H,2,6-8,11-15H2,1H3. The topological polar surface area (TPSA) is 15.3 Å². The average Bonchev–Trinajstić information content (AvgIpc) is 2.58. The van der Waals surface area contributed by atoms with Gasteiger partial charge in [-0.2, -0.15) is 0 Å². The summed E-state index contributed by atoms with van der Waals surface area (Å²) < 4.78 is 0. The molecule has 3 rings (SSSR count). The lowest BCUT2D eigenvalue weighted by Crippen LogP contribution is -2.52. The van der Waals surface area contributed by atoms with E-state index in [1.807, 2.05) is 0 Å². The maximum absolute atomic E-state index is 3.60. The van der Waals surface area contributed by atoms with E-state index in [4.69, 9.17) is 0 Å². The fourth-order valence-corrected chi connectivity index (χ4v) is 4.48. The Balaban J connectivity index is 1.78. The van der Waals surface area contributed by atoms with E-state index in [1.54, 1.807) is 5.56 Å². The van der Waals surface area contributed by atoms with Gasteiger partial charge in [0, 0.05) is 18.6 Å². The van der Waals surface area contributed by atoms with Gasteiger partial charge in [-0.05, 0) is 50.3 Å². The second-order valence-corrected chi connectivity index (χ2v) is 6.70.